The molecule has 7 heteroatoms. The molecule has 0 aliphatic carbocycles. The molecule has 0 saturated carbocycles. The van der Waals surface area contributed by atoms with Gasteiger partial charge in [0.25, 0.3) is 0 Å². The van der Waals surface area contributed by atoms with Crippen molar-refractivity contribution in [2.45, 2.75) is 32.8 Å². The van der Waals surface area contributed by atoms with E-state index >= 15 is 0 Å². The summed E-state index contributed by atoms with van der Waals surface area (Å²) in [5.74, 6) is 0. The monoisotopic (exact) mass is 376 g/mol. The number of carbonyl (C=O) groups excluding carboxylic acids is 1. The fraction of sp³-hybridized carbons (Fsp3) is 0.474. The quantitative estimate of drug-likeness (QED) is 0.854. The van der Waals surface area contributed by atoms with Crippen LogP contribution in [0.5, 0.6) is 0 Å². The van der Waals surface area contributed by atoms with Crippen molar-refractivity contribution in [3.8, 4) is 11.3 Å². The Labute approximate surface area is 159 Å². The number of amides is 1. The van der Waals surface area contributed by atoms with Crippen LogP contribution in [0.15, 0.2) is 30.5 Å². The zero-order valence-corrected chi connectivity index (χ0v) is 16.2. The maximum Gasteiger partial charge on any atom is 0.410 e. The molecule has 0 spiro atoms. The highest BCUT2D eigenvalue weighted by molar-refractivity contribution is 6.30. The van der Waals surface area contributed by atoms with Crippen molar-refractivity contribution in [2.75, 3.05) is 31.1 Å². The predicted octanol–water partition coefficient (Wildman–Crippen LogP) is 4.18. The smallest absolute Gasteiger partial charge is 0.410 e. The highest BCUT2D eigenvalue weighted by atomic mass is 35.5. The Bertz CT molecular complexity index is 752. The third-order valence-corrected chi connectivity index (χ3v) is 4.49. The SMILES string of the molecule is CC(C)(C)OC(=O)N1CCCN(c2cn[nH]c2-c2ccc(Cl)cc2)CC1. The molecule has 0 radical (unpaired) electrons. The number of H-pyrrole nitrogens is 1. The van der Waals surface area contributed by atoms with Crippen LogP contribution in [0.2, 0.25) is 5.02 Å². The highest BCUT2D eigenvalue weighted by Crippen LogP contribution is 2.30. The summed E-state index contributed by atoms with van der Waals surface area (Å²) >= 11 is 5.99. The Hall–Kier alpha value is -2.21. The lowest BCUT2D eigenvalue weighted by atomic mass is 10.1. The lowest BCUT2D eigenvalue weighted by Crippen LogP contribution is -2.39. The van der Waals surface area contributed by atoms with E-state index in [0.717, 1.165) is 36.5 Å². The van der Waals surface area contributed by atoms with E-state index in [2.05, 4.69) is 15.1 Å². The van der Waals surface area contributed by atoms with E-state index in [0.29, 0.717) is 18.1 Å². The summed E-state index contributed by atoms with van der Waals surface area (Å²) in [4.78, 5) is 16.4. The van der Waals surface area contributed by atoms with Crippen LogP contribution in [0.1, 0.15) is 27.2 Å². The number of ether oxygens (including phenoxy) is 1. The number of rotatable bonds is 2. The fourth-order valence-electron chi connectivity index (χ4n) is 3.02. The minimum atomic E-state index is -0.477. The number of aromatic amines is 1. The molecule has 1 saturated heterocycles. The van der Waals surface area contributed by atoms with Crippen LogP contribution < -0.4 is 4.90 Å². The first-order chi connectivity index (χ1) is 12.3. The average Bonchev–Trinajstić information content (AvgIpc) is 2.91. The van der Waals surface area contributed by atoms with Gasteiger partial charge in [-0.2, -0.15) is 5.10 Å². The van der Waals surface area contributed by atoms with Crippen LogP contribution >= 0.6 is 11.6 Å². The molecule has 1 aliphatic rings. The van der Waals surface area contributed by atoms with Crippen LogP contribution in [-0.4, -0.2) is 53.0 Å². The number of nitrogens with zero attached hydrogens (tertiary/aromatic N) is 3. The standard InChI is InChI=1S/C19H25ClN4O2/c1-19(2,3)26-18(25)24-10-4-9-23(11-12-24)16-13-21-22-17(16)14-5-7-15(20)8-6-14/h5-8,13H,4,9-12H2,1-3H3,(H,21,22). The average molecular weight is 377 g/mol. The van der Waals surface area contributed by atoms with Crippen molar-refractivity contribution in [3.05, 3.63) is 35.5 Å². The van der Waals surface area contributed by atoms with Gasteiger partial charge in [-0.25, -0.2) is 4.79 Å². The predicted molar refractivity (Wildman–Crippen MR) is 104 cm³/mol. The van der Waals surface area contributed by atoms with Gasteiger partial charge in [0.15, 0.2) is 0 Å². The van der Waals surface area contributed by atoms with Gasteiger partial charge in [0.1, 0.15) is 5.60 Å². The van der Waals surface area contributed by atoms with Gasteiger partial charge in [-0.05, 0) is 39.3 Å². The molecular weight excluding hydrogens is 352 g/mol. The molecule has 0 bridgehead atoms. The van der Waals surface area contributed by atoms with Crippen LogP contribution in [-0.2, 0) is 4.74 Å². The van der Waals surface area contributed by atoms with Crippen LogP contribution in [0, 0.1) is 0 Å². The number of aromatic nitrogens is 2. The Morgan fingerprint density at radius 1 is 1.15 bits per heavy atom. The molecule has 1 N–H and O–H groups in total. The molecule has 1 aromatic heterocycles. The number of carbonyl (C=O) groups is 1. The van der Waals surface area contributed by atoms with E-state index in [1.807, 2.05) is 51.2 Å². The van der Waals surface area contributed by atoms with Gasteiger partial charge in [-0.1, -0.05) is 23.7 Å². The Balaban J connectivity index is 1.71. The summed E-state index contributed by atoms with van der Waals surface area (Å²) in [5, 5.41) is 8.01. The van der Waals surface area contributed by atoms with Gasteiger partial charge < -0.3 is 14.5 Å². The third-order valence-electron chi connectivity index (χ3n) is 4.24. The number of nitrogens with one attached hydrogen (secondary N) is 1. The zero-order valence-electron chi connectivity index (χ0n) is 15.5. The van der Waals surface area contributed by atoms with E-state index in [9.17, 15) is 4.79 Å². The Morgan fingerprint density at radius 3 is 2.58 bits per heavy atom. The minimum Gasteiger partial charge on any atom is -0.444 e. The largest absolute Gasteiger partial charge is 0.444 e. The summed E-state index contributed by atoms with van der Waals surface area (Å²) in [6.07, 6.45) is 2.47. The van der Waals surface area contributed by atoms with Crippen molar-refractivity contribution in [3.63, 3.8) is 0 Å². The van der Waals surface area contributed by atoms with E-state index in [1.165, 1.54) is 0 Å². The molecule has 140 valence electrons. The van der Waals surface area contributed by atoms with Crippen molar-refractivity contribution < 1.29 is 9.53 Å². The second kappa shape index (κ2) is 7.58. The molecule has 26 heavy (non-hydrogen) atoms. The van der Waals surface area contributed by atoms with Crippen LogP contribution in [0.3, 0.4) is 0 Å². The maximum atomic E-state index is 12.3. The van der Waals surface area contributed by atoms with Gasteiger partial charge in [0.2, 0.25) is 0 Å². The van der Waals surface area contributed by atoms with Gasteiger partial charge in [-0.3, -0.25) is 5.10 Å². The molecule has 1 aromatic carbocycles. The van der Waals surface area contributed by atoms with E-state index < -0.39 is 5.60 Å². The molecule has 2 heterocycles. The van der Waals surface area contributed by atoms with E-state index in [1.54, 1.807) is 4.90 Å². The molecular formula is C19H25ClN4O2. The maximum absolute atomic E-state index is 12.3. The number of anilines is 1. The second-order valence-corrected chi connectivity index (χ2v) is 7.88. The van der Waals surface area contributed by atoms with Crippen molar-refractivity contribution in [2.24, 2.45) is 0 Å². The summed E-state index contributed by atoms with van der Waals surface area (Å²) < 4.78 is 5.50. The van der Waals surface area contributed by atoms with Crippen LogP contribution in [0.4, 0.5) is 10.5 Å². The molecule has 3 rings (SSSR count). The van der Waals surface area contributed by atoms with Gasteiger partial charge in [-0.15, -0.1) is 0 Å². The topological polar surface area (TPSA) is 61.5 Å². The van der Waals surface area contributed by atoms with Crippen molar-refractivity contribution in [1.82, 2.24) is 15.1 Å². The summed E-state index contributed by atoms with van der Waals surface area (Å²) in [5.41, 5.74) is 2.57. The first kappa shape index (κ1) is 18.6. The molecule has 6 nitrogen and oxygen atoms in total. The van der Waals surface area contributed by atoms with Crippen LogP contribution in [0.25, 0.3) is 11.3 Å². The van der Waals surface area contributed by atoms with Gasteiger partial charge in [0, 0.05) is 36.8 Å². The normalized spacial score (nSPS) is 15.7. The zero-order chi connectivity index (χ0) is 18.7. The van der Waals surface area contributed by atoms with E-state index in [4.69, 9.17) is 16.3 Å². The highest BCUT2D eigenvalue weighted by Gasteiger charge is 2.25. The number of halogens is 1. The van der Waals surface area contributed by atoms with Gasteiger partial charge >= 0.3 is 6.09 Å². The molecule has 0 atom stereocenters. The second-order valence-electron chi connectivity index (χ2n) is 7.45. The van der Waals surface area contributed by atoms with Crippen molar-refractivity contribution >= 4 is 23.4 Å². The van der Waals surface area contributed by atoms with Crippen molar-refractivity contribution in [1.29, 1.82) is 0 Å². The first-order valence-corrected chi connectivity index (χ1v) is 9.23. The third kappa shape index (κ3) is 4.49. The molecule has 0 unspecified atom stereocenters. The molecule has 1 amide bonds. The number of hydrogen-bond acceptors (Lipinski definition) is 4. The molecule has 2 aromatic rings. The summed E-state index contributed by atoms with van der Waals surface area (Å²) in [6, 6.07) is 7.69. The first-order valence-electron chi connectivity index (χ1n) is 8.86. The van der Waals surface area contributed by atoms with Gasteiger partial charge in [0.05, 0.1) is 17.6 Å². The Morgan fingerprint density at radius 2 is 1.88 bits per heavy atom. The molecule has 1 aliphatic heterocycles. The fourth-order valence-corrected chi connectivity index (χ4v) is 3.14. The van der Waals surface area contributed by atoms with E-state index in [-0.39, 0.29) is 6.09 Å². The Kier molecular flexibility index (Phi) is 5.41. The lowest BCUT2D eigenvalue weighted by Gasteiger charge is -2.26. The molecule has 1 fully saturated rings. The number of benzene rings is 1. The number of hydrogen-bond donors (Lipinski definition) is 1. The minimum absolute atomic E-state index is 0.246. The summed E-state index contributed by atoms with van der Waals surface area (Å²) in [7, 11) is 0. The lowest BCUT2D eigenvalue weighted by molar-refractivity contribution is 0.0263. The summed E-state index contributed by atoms with van der Waals surface area (Å²) in [6.45, 7) is 8.58.